The number of ether oxygens (including phenoxy) is 1. The molecule has 0 aliphatic heterocycles. The minimum Gasteiger partial charge on any atom is -0.497 e. The van der Waals surface area contributed by atoms with Crippen molar-refractivity contribution in [2.45, 2.75) is 0 Å². The van der Waals surface area contributed by atoms with Gasteiger partial charge in [0.1, 0.15) is 5.75 Å². The first-order valence-corrected chi connectivity index (χ1v) is 6.81. The van der Waals surface area contributed by atoms with Gasteiger partial charge in [-0.3, -0.25) is 10.2 Å². The van der Waals surface area contributed by atoms with Crippen molar-refractivity contribution in [2.75, 3.05) is 12.5 Å². The van der Waals surface area contributed by atoms with Crippen molar-refractivity contribution >= 4 is 22.8 Å². The van der Waals surface area contributed by atoms with Gasteiger partial charge in [-0.1, -0.05) is 18.2 Å². The van der Waals surface area contributed by atoms with Crippen molar-refractivity contribution in [3.8, 4) is 5.75 Å². The van der Waals surface area contributed by atoms with E-state index in [4.69, 9.17) is 4.74 Å². The van der Waals surface area contributed by atoms with Gasteiger partial charge < -0.3 is 9.72 Å². The van der Waals surface area contributed by atoms with Gasteiger partial charge >= 0.3 is 0 Å². The Hall–Kier alpha value is -3.08. The Balaban J connectivity index is 1.84. The highest BCUT2D eigenvalue weighted by molar-refractivity contribution is 5.91. The predicted molar refractivity (Wildman–Crippen MR) is 88.8 cm³/mol. The molecule has 0 aliphatic carbocycles. The van der Waals surface area contributed by atoms with Crippen molar-refractivity contribution in [1.82, 2.24) is 4.98 Å². The van der Waals surface area contributed by atoms with Crippen LogP contribution in [0.5, 0.6) is 5.75 Å². The van der Waals surface area contributed by atoms with Crippen LogP contribution in [0.25, 0.3) is 10.9 Å². The van der Waals surface area contributed by atoms with Gasteiger partial charge in [0.05, 0.1) is 24.5 Å². The number of anilines is 1. The zero-order valence-electron chi connectivity index (χ0n) is 12.0. The lowest BCUT2D eigenvalue weighted by molar-refractivity contribution is 0.415. The normalized spacial score (nSPS) is 11.0. The van der Waals surface area contributed by atoms with Crippen LogP contribution in [-0.4, -0.2) is 18.3 Å². The van der Waals surface area contributed by atoms with Gasteiger partial charge in [0.15, 0.2) is 0 Å². The number of pyridine rings is 1. The van der Waals surface area contributed by atoms with Gasteiger partial charge in [-0.2, -0.15) is 5.10 Å². The molecule has 110 valence electrons. The maximum atomic E-state index is 11.6. The number of hydrogen-bond acceptors (Lipinski definition) is 4. The lowest BCUT2D eigenvalue weighted by atomic mass is 10.2. The van der Waals surface area contributed by atoms with E-state index >= 15 is 0 Å². The number of methoxy groups -OCH3 is 1. The summed E-state index contributed by atoms with van der Waals surface area (Å²) in [6, 6.07) is 16.6. The SMILES string of the molecule is COc1ccc(/C=N/Nc2cc(=O)[nH]c3ccccc23)cc1. The number of rotatable bonds is 4. The molecule has 0 saturated heterocycles. The average Bonchev–Trinajstić information content (AvgIpc) is 2.55. The summed E-state index contributed by atoms with van der Waals surface area (Å²) in [5.74, 6) is 0.797. The smallest absolute Gasteiger partial charge is 0.250 e. The summed E-state index contributed by atoms with van der Waals surface area (Å²) in [7, 11) is 1.63. The molecule has 0 fully saturated rings. The van der Waals surface area contributed by atoms with Crippen LogP contribution in [0.4, 0.5) is 5.69 Å². The van der Waals surface area contributed by atoms with Crippen molar-refractivity contribution < 1.29 is 4.74 Å². The zero-order chi connectivity index (χ0) is 15.4. The molecule has 0 spiro atoms. The number of nitrogens with one attached hydrogen (secondary N) is 2. The largest absolute Gasteiger partial charge is 0.497 e. The number of aromatic amines is 1. The Bertz CT molecular complexity index is 867. The van der Waals surface area contributed by atoms with Gasteiger partial charge in [0, 0.05) is 11.5 Å². The second kappa shape index (κ2) is 6.13. The van der Waals surface area contributed by atoms with Gasteiger partial charge in [-0.15, -0.1) is 0 Å². The average molecular weight is 293 g/mol. The molecule has 0 saturated carbocycles. The van der Waals surface area contributed by atoms with E-state index in [0.29, 0.717) is 5.69 Å². The van der Waals surface area contributed by atoms with Gasteiger partial charge in [0.25, 0.3) is 5.56 Å². The first kappa shape index (κ1) is 13.9. The predicted octanol–water partition coefficient (Wildman–Crippen LogP) is 2.98. The summed E-state index contributed by atoms with van der Waals surface area (Å²) < 4.78 is 5.11. The molecule has 2 N–H and O–H groups in total. The fourth-order valence-corrected chi connectivity index (χ4v) is 2.16. The number of hydrogen-bond donors (Lipinski definition) is 2. The summed E-state index contributed by atoms with van der Waals surface area (Å²) in [6.07, 6.45) is 1.69. The lowest BCUT2D eigenvalue weighted by Crippen LogP contribution is -2.06. The Morgan fingerprint density at radius 2 is 1.91 bits per heavy atom. The van der Waals surface area contributed by atoms with Crippen LogP contribution in [0.15, 0.2) is 64.5 Å². The monoisotopic (exact) mass is 293 g/mol. The van der Waals surface area contributed by atoms with Crippen LogP contribution in [0.3, 0.4) is 0 Å². The fourth-order valence-electron chi connectivity index (χ4n) is 2.16. The second-order valence-corrected chi connectivity index (χ2v) is 4.74. The third-order valence-electron chi connectivity index (χ3n) is 3.26. The van der Waals surface area contributed by atoms with Crippen LogP contribution in [0, 0.1) is 0 Å². The lowest BCUT2D eigenvalue weighted by Gasteiger charge is -2.05. The molecule has 2 aromatic carbocycles. The van der Waals surface area contributed by atoms with E-state index in [0.717, 1.165) is 22.2 Å². The molecule has 0 bridgehead atoms. The standard InChI is InChI=1S/C17H15N3O2/c1-22-13-8-6-12(7-9-13)11-18-20-16-10-17(21)19-15-5-3-2-4-14(15)16/h2-11H,1H3,(H2,19,20,21)/b18-11+. The minimum absolute atomic E-state index is 0.166. The number of aromatic nitrogens is 1. The Labute approximate surface area is 127 Å². The molecule has 22 heavy (non-hydrogen) atoms. The molecule has 5 nitrogen and oxygen atoms in total. The molecule has 0 aliphatic rings. The van der Waals surface area contributed by atoms with Crippen molar-refractivity contribution in [2.24, 2.45) is 5.10 Å². The van der Waals surface area contributed by atoms with Crippen molar-refractivity contribution in [3.63, 3.8) is 0 Å². The number of para-hydroxylation sites is 1. The van der Waals surface area contributed by atoms with Gasteiger partial charge in [0.2, 0.25) is 0 Å². The number of H-pyrrole nitrogens is 1. The molecule has 1 heterocycles. The zero-order valence-corrected chi connectivity index (χ0v) is 12.0. The highest BCUT2D eigenvalue weighted by Gasteiger charge is 2.01. The molecule has 1 aromatic heterocycles. The fraction of sp³-hybridized carbons (Fsp3) is 0.0588. The van der Waals surface area contributed by atoms with Crippen LogP contribution in [0.2, 0.25) is 0 Å². The molecular weight excluding hydrogens is 278 g/mol. The Morgan fingerprint density at radius 3 is 2.68 bits per heavy atom. The Morgan fingerprint density at radius 1 is 1.14 bits per heavy atom. The molecule has 0 radical (unpaired) electrons. The van der Waals surface area contributed by atoms with E-state index < -0.39 is 0 Å². The quantitative estimate of drug-likeness (QED) is 0.574. The Kier molecular flexibility index (Phi) is 3.87. The summed E-state index contributed by atoms with van der Waals surface area (Å²) in [4.78, 5) is 14.4. The maximum Gasteiger partial charge on any atom is 0.250 e. The van der Waals surface area contributed by atoms with Crippen LogP contribution in [-0.2, 0) is 0 Å². The molecule has 0 unspecified atom stereocenters. The number of fused-ring (bicyclic) bond motifs is 1. The summed E-state index contributed by atoms with van der Waals surface area (Å²) in [5.41, 5.74) is 5.14. The number of benzene rings is 2. The van der Waals surface area contributed by atoms with Gasteiger partial charge in [-0.25, -0.2) is 0 Å². The third-order valence-corrected chi connectivity index (χ3v) is 3.26. The molecule has 0 amide bonds. The molecule has 5 heteroatoms. The number of hydrazone groups is 1. The summed E-state index contributed by atoms with van der Waals surface area (Å²) in [5, 5.41) is 5.10. The number of nitrogens with zero attached hydrogens (tertiary/aromatic N) is 1. The van der Waals surface area contributed by atoms with Crippen LogP contribution >= 0.6 is 0 Å². The van der Waals surface area contributed by atoms with E-state index in [9.17, 15) is 4.79 Å². The first-order chi connectivity index (χ1) is 10.8. The van der Waals surface area contributed by atoms with E-state index in [1.807, 2.05) is 48.5 Å². The summed E-state index contributed by atoms with van der Waals surface area (Å²) in [6.45, 7) is 0. The second-order valence-electron chi connectivity index (χ2n) is 4.74. The van der Waals surface area contributed by atoms with Gasteiger partial charge in [-0.05, 0) is 35.9 Å². The van der Waals surface area contributed by atoms with Crippen LogP contribution < -0.4 is 15.7 Å². The van der Waals surface area contributed by atoms with E-state index in [1.54, 1.807) is 13.3 Å². The van der Waals surface area contributed by atoms with Crippen molar-refractivity contribution in [3.05, 3.63) is 70.5 Å². The van der Waals surface area contributed by atoms with E-state index in [-0.39, 0.29) is 5.56 Å². The summed E-state index contributed by atoms with van der Waals surface area (Å²) >= 11 is 0. The molecular formula is C17H15N3O2. The molecule has 0 atom stereocenters. The molecule has 3 aromatic rings. The first-order valence-electron chi connectivity index (χ1n) is 6.81. The topological polar surface area (TPSA) is 66.5 Å². The van der Waals surface area contributed by atoms with Crippen LogP contribution in [0.1, 0.15) is 5.56 Å². The van der Waals surface area contributed by atoms with Crippen molar-refractivity contribution in [1.29, 1.82) is 0 Å². The highest BCUT2D eigenvalue weighted by atomic mass is 16.5. The minimum atomic E-state index is -0.166. The highest BCUT2D eigenvalue weighted by Crippen LogP contribution is 2.19. The van der Waals surface area contributed by atoms with E-state index in [2.05, 4.69) is 15.5 Å². The van der Waals surface area contributed by atoms with E-state index in [1.165, 1.54) is 6.07 Å². The molecule has 3 rings (SSSR count). The third kappa shape index (κ3) is 2.98. The maximum absolute atomic E-state index is 11.6.